The van der Waals surface area contributed by atoms with Crippen molar-refractivity contribution in [3.63, 3.8) is 0 Å². The molecule has 0 fully saturated rings. The van der Waals surface area contributed by atoms with E-state index < -0.39 is 0 Å². The molecule has 1 amide bonds. The number of aryl methyl sites for hydroxylation is 2. The number of hydrogen-bond donors (Lipinski definition) is 1. The average molecular weight is 400 g/mol. The fourth-order valence-corrected chi connectivity index (χ4v) is 3.13. The van der Waals surface area contributed by atoms with Crippen LogP contribution in [0.1, 0.15) is 46.5 Å². The number of rotatable bonds is 4. The molecule has 0 aliphatic carbocycles. The summed E-state index contributed by atoms with van der Waals surface area (Å²) in [5, 5.41) is 6.12. The van der Waals surface area contributed by atoms with E-state index in [4.69, 9.17) is 0 Å². The summed E-state index contributed by atoms with van der Waals surface area (Å²) >= 11 is 3.89. The molecule has 5 heteroatoms. The van der Waals surface area contributed by atoms with Crippen LogP contribution in [0, 0.1) is 10.5 Å². The van der Waals surface area contributed by atoms with E-state index in [0.29, 0.717) is 5.56 Å². The van der Waals surface area contributed by atoms with E-state index in [1.165, 1.54) is 5.56 Å². The van der Waals surface area contributed by atoms with Gasteiger partial charge in [-0.15, -0.1) is 11.3 Å². The molecule has 2 aromatic rings. The molecule has 3 nitrogen and oxygen atoms in total. The van der Waals surface area contributed by atoms with Crippen molar-refractivity contribution in [2.75, 3.05) is 0 Å². The summed E-state index contributed by atoms with van der Waals surface area (Å²) in [5.74, 6) is -0.0542. The minimum atomic E-state index is -0.0713. The maximum Gasteiger partial charge on any atom is 0.251 e. The summed E-state index contributed by atoms with van der Waals surface area (Å²) in [6.07, 6.45) is 0.932. The molecule has 1 N–H and O–H groups in total. The van der Waals surface area contributed by atoms with Gasteiger partial charge in [-0.2, -0.15) is 0 Å². The summed E-state index contributed by atoms with van der Waals surface area (Å²) < 4.78 is 1.10. The van der Waals surface area contributed by atoms with Crippen LogP contribution in [0.4, 0.5) is 0 Å². The molecule has 0 saturated heterocycles. The molecule has 2 rings (SSSR count). The van der Waals surface area contributed by atoms with Gasteiger partial charge >= 0.3 is 0 Å². The van der Waals surface area contributed by atoms with Gasteiger partial charge in [0.1, 0.15) is 0 Å². The van der Waals surface area contributed by atoms with Gasteiger partial charge in [0.05, 0.1) is 16.7 Å². The molecular weight excluding hydrogens is 383 g/mol. The van der Waals surface area contributed by atoms with Gasteiger partial charge in [0.15, 0.2) is 0 Å². The van der Waals surface area contributed by atoms with E-state index in [-0.39, 0.29) is 11.9 Å². The van der Waals surface area contributed by atoms with E-state index in [9.17, 15) is 4.79 Å². The standard InChI is InChI=1S/C15H17IN2OS/c1-4-14-18-13(8-20-14)10(3)17-15(19)11-6-5-9(2)12(16)7-11/h5-8,10H,4H2,1-3H3,(H,17,19). The molecule has 1 aromatic carbocycles. The topological polar surface area (TPSA) is 42.0 Å². The largest absolute Gasteiger partial charge is 0.344 e. The maximum absolute atomic E-state index is 12.2. The second-order valence-electron chi connectivity index (χ2n) is 4.68. The van der Waals surface area contributed by atoms with Crippen LogP contribution < -0.4 is 5.32 Å². The second kappa shape index (κ2) is 6.67. The van der Waals surface area contributed by atoms with E-state index in [0.717, 1.165) is 20.7 Å². The third-order valence-electron chi connectivity index (χ3n) is 3.10. The molecule has 1 heterocycles. The number of aromatic nitrogens is 1. The highest BCUT2D eigenvalue weighted by Gasteiger charge is 2.14. The molecule has 1 unspecified atom stereocenters. The predicted octanol–water partition coefficient (Wildman–Crippen LogP) is 4.11. The van der Waals surface area contributed by atoms with E-state index in [1.807, 2.05) is 37.4 Å². The van der Waals surface area contributed by atoms with Crippen LogP contribution in [0.3, 0.4) is 0 Å². The van der Waals surface area contributed by atoms with E-state index in [2.05, 4.69) is 39.8 Å². The second-order valence-corrected chi connectivity index (χ2v) is 6.78. The molecule has 0 aliphatic rings. The SMILES string of the molecule is CCc1nc(C(C)NC(=O)c2ccc(C)c(I)c2)cs1. The summed E-state index contributed by atoms with van der Waals surface area (Å²) in [6.45, 7) is 6.08. The Bertz CT molecular complexity index is 624. The van der Waals surface area contributed by atoms with Crippen LogP contribution in [0.2, 0.25) is 0 Å². The maximum atomic E-state index is 12.2. The minimum Gasteiger partial charge on any atom is -0.344 e. The third kappa shape index (κ3) is 3.58. The molecule has 0 radical (unpaired) electrons. The van der Waals surface area contributed by atoms with Crippen LogP contribution in [0.15, 0.2) is 23.6 Å². The van der Waals surface area contributed by atoms with Gasteiger partial charge in [0, 0.05) is 14.5 Å². The van der Waals surface area contributed by atoms with Crippen LogP contribution in [0.25, 0.3) is 0 Å². The van der Waals surface area contributed by atoms with Crippen LogP contribution in [-0.2, 0) is 6.42 Å². The van der Waals surface area contributed by atoms with E-state index >= 15 is 0 Å². The Balaban J connectivity index is 2.08. The first-order valence-electron chi connectivity index (χ1n) is 6.52. The smallest absolute Gasteiger partial charge is 0.251 e. The summed E-state index contributed by atoms with van der Waals surface area (Å²) in [7, 11) is 0. The Kier molecular flexibility index (Phi) is 5.15. The number of thiazole rings is 1. The van der Waals surface area contributed by atoms with Gasteiger partial charge in [-0.3, -0.25) is 4.79 Å². The average Bonchev–Trinajstić information content (AvgIpc) is 2.90. The Morgan fingerprint density at radius 1 is 1.50 bits per heavy atom. The predicted molar refractivity (Wildman–Crippen MR) is 91.3 cm³/mol. The van der Waals surface area contributed by atoms with Crippen molar-refractivity contribution in [2.45, 2.75) is 33.2 Å². The van der Waals surface area contributed by atoms with Gasteiger partial charge in [0.2, 0.25) is 0 Å². The lowest BCUT2D eigenvalue weighted by atomic mass is 10.1. The number of carbonyl (C=O) groups excluding carboxylic acids is 1. The zero-order valence-corrected chi connectivity index (χ0v) is 14.7. The first kappa shape index (κ1) is 15.4. The lowest BCUT2D eigenvalue weighted by molar-refractivity contribution is 0.0939. The Morgan fingerprint density at radius 3 is 2.85 bits per heavy atom. The number of nitrogens with one attached hydrogen (secondary N) is 1. The van der Waals surface area contributed by atoms with Crippen molar-refractivity contribution < 1.29 is 4.79 Å². The normalized spacial score (nSPS) is 12.2. The molecule has 20 heavy (non-hydrogen) atoms. The number of carbonyl (C=O) groups is 1. The third-order valence-corrected chi connectivity index (χ3v) is 5.27. The lowest BCUT2D eigenvalue weighted by Gasteiger charge is -2.12. The fourth-order valence-electron chi connectivity index (χ4n) is 1.77. The molecular formula is C15H17IN2OS. The molecule has 1 atom stereocenters. The monoisotopic (exact) mass is 400 g/mol. The number of amides is 1. The number of halogens is 1. The quantitative estimate of drug-likeness (QED) is 0.785. The molecule has 1 aromatic heterocycles. The van der Waals surface area contributed by atoms with Crippen molar-refractivity contribution in [1.82, 2.24) is 10.3 Å². The summed E-state index contributed by atoms with van der Waals surface area (Å²) in [6, 6.07) is 5.67. The first-order chi connectivity index (χ1) is 9.51. The highest BCUT2D eigenvalue weighted by Crippen LogP contribution is 2.18. The first-order valence-corrected chi connectivity index (χ1v) is 8.48. The van der Waals surface area contributed by atoms with Crippen molar-refractivity contribution >= 4 is 39.8 Å². The molecule has 0 bridgehead atoms. The van der Waals surface area contributed by atoms with Gasteiger partial charge in [-0.05, 0) is 60.6 Å². The van der Waals surface area contributed by atoms with Crippen molar-refractivity contribution in [3.8, 4) is 0 Å². The summed E-state index contributed by atoms with van der Waals surface area (Å²) in [4.78, 5) is 16.7. The van der Waals surface area contributed by atoms with Gasteiger partial charge in [-0.25, -0.2) is 4.98 Å². The molecule has 0 spiro atoms. The van der Waals surface area contributed by atoms with E-state index in [1.54, 1.807) is 11.3 Å². The Hall–Kier alpha value is -0.950. The lowest BCUT2D eigenvalue weighted by Crippen LogP contribution is -2.27. The van der Waals surface area contributed by atoms with Crippen LogP contribution in [-0.4, -0.2) is 10.9 Å². The fraction of sp³-hybridized carbons (Fsp3) is 0.333. The highest BCUT2D eigenvalue weighted by molar-refractivity contribution is 14.1. The highest BCUT2D eigenvalue weighted by atomic mass is 127. The van der Waals surface area contributed by atoms with Gasteiger partial charge < -0.3 is 5.32 Å². The van der Waals surface area contributed by atoms with Crippen molar-refractivity contribution in [1.29, 1.82) is 0 Å². The van der Waals surface area contributed by atoms with Crippen molar-refractivity contribution in [2.24, 2.45) is 0 Å². The molecule has 0 saturated carbocycles. The zero-order valence-electron chi connectivity index (χ0n) is 11.7. The molecule has 0 aliphatic heterocycles. The Labute approximate surface area is 137 Å². The minimum absolute atomic E-state index is 0.0542. The zero-order chi connectivity index (χ0) is 14.7. The molecule has 106 valence electrons. The van der Waals surface area contributed by atoms with Crippen LogP contribution in [0.5, 0.6) is 0 Å². The summed E-state index contributed by atoms with van der Waals surface area (Å²) in [5.41, 5.74) is 2.81. The Morgan fingerprint density at radius 2 is 2.25 bits per heavy atom. The number of nitrogens with zero attached hydrogens (tertiary/aromatic N) is 1. The van der Waals surface area contributed by atoms with Gasteiger partial charge in [-0.1, -0.05) is 13.0 Å². The van der Waals surface area contributed by atoms with Gasteiger partial charge in [0.25, 0.3) is 5.91 Å². The number of benzene rings is 1. The van der Waals surface area contributed by atoms with Crippen LogP contribution >= 0.6 is 33.9 Å². The number of hydrogen-bond acceptors (Lipinski definition) is 3. The van der Waals surface area contributed by atoms with Crippen molar-refractivity contribution in [3.05, 3.63) is 49.0 Å².